The number of rotatable bonds is 11. The first kappa shape index (κ1) is 59.0. The van der Waals surface area contributed by atoms with Crippen LogP contribution >= 0.6 is 0 Å². The highest BCUT2D eigenvalue weighted by Gasteiger charge is 2.71. The van der Waals surface area contributed by atoms with Crippen molar-refractivity contribution in [1.29, 1.82) is 0 Å². The first-order chi connectivity index (χ1) is 35.6. The lowest BCUT2D eigenvalue weighted by Crippen LogP contribution is -2.68. The molecule has 5 aliphatic carbocycles. The van der Waals surface area contributed by atoms with Gasteiger partial charge in [-0.1, -0.05) is 60.1 Å². The molecule has 0 radical (unpaired) electrons. The van der Waals surface area contributed by atoms with Crippen LogP contribution in [0.25, 0.3) is 0 Å². The molecule has 9 aliphatic rings. The Morgan fingerprint density at radius 1 is 0.566 bits per heavy atom. The van der Waals surface area contributed by atoms with E-state index < -0.39 is 189 Å². The summed E-state index contributed by atoms with van der Waals surface area (Å²) in [6.45, 7) is 12.5. The lowest BCUT2D eigenvalue weighted by atomic mass is 9.33. The van der Waals surface area contributed by atoms with E-state index in [2.05, 4.69) is 40.7 Å². The van der Waals surface area contributed by atoms with Gasteiger partial charge in [-0.15, -0.1) is 0 Å². The number of hydrogen-bond donors (Lipinski definition) is 14. The van der Waals surface area contributed by atoms with Gasteiger partial charge in [-0.25, -0.2) is 0 Å². The minimum absolute atomic E-state index is 0.0225. The molecular formula is C53H86O23. The molecule has 8 fully saturated rings. The number of carbonyl (C=O) groups is 1. The predicted octanol–water partition coefficient (Wildman–Crippen LogP) is -2.43. The molecule has 28 atom stereocenters. The zero-order valence-electron chi connectivity index (χ0n) is 44.6. The van der Waals surface area contributed by atoms with E-state index in [-0.39, 0.29) is 22.7 Å². The normalized spacial score (nSPS) is 54.0. The Morgan fingerprint density at radius 3 is 1.75 bits per heavy atom. The van der Waals surface area contributed by atoms with Gasteiger partial charge < -0.3 is 109 Å². The van der Waals surface area contributed by atoms with Crippen LogP contribution in [0, 0.1) is 50.2 Å². The molecule has 9 rings (SSSR count). The van der Waals surface area contributed by atoms with Gasteiger partial charge in [0.15, 0.2) is 18.9 Å². The van der Waals surface area contributed by atoms with Crippen LogP contribution in [0.3, 0.4) is 0 Å². The fourth-order valence-electron chi connectivity index (χ4n) is 16.2. The Hall–Kier alpha value is -1.63. The van der Waals surface area contributed by atoms with Crippen molar-refractivity contribution >= 4 is 5.97 Å². The summed E-state index contributed by atoms with van der Waals surface area (Å²) in [7, 11) is 0. The third-order valence-electron chi connectivity index (χ3n) is 21.3. The highest BCUT2D eigenvalue weighted by molar-refractivity contribution is 5.79. The van der Waals surface area contributed by atoms with Gasteiger partial charge in [-0.3, -0.25) is 4.79 Å². The van der Waals surface area contributed by atoms with Gasteiger partial charge in [0.05, 0.1) is 44.1 Å². The second-order valence-corrected chi connectivity index (χ2v) is 25.8. The SMILES string of the molecule is CC1(C)CC[C@]2(C(=O)O[C@@H]3O[C@H](CO)[C@@H](O)[C@H](O)[C@H]3O)CC[C@]3(C)C(=CC[C@@H]4[C@@]5(C)CC[C@H](O[C@@H]6O[C@H](CO)[C@@H](O)[C@H](O[C@@H]7O[C@H](CO)[C@@H](O)[C@H](O)[C@H]7O)[C@H]6O[C@@H]6OC[C@@H](O)[C@H](O)[C@H]6O)C(C)(C)[C@@H]5CC[C@]43C)[C@@H]2[C@@H]1O. The maximum absolute atomic E-state index is 14.8. The van der Waals surface area contributed by atoms with Gasteiger partial charge in [0.25, 0.3) is 0 Å². The van der Waals surface area contributed by atoms with Crippen molar-refractivity contribution in [3.8, 4) is 0 Å². The van der Waals surface area contributed by atoms with Gasteiger partial charge in [-0.05, 0) is 96.7 Å². The van der Waals surface area contributed by atoms with Crippen molar-refractivity contribution < 1.29 is 114 Å². The Bertz CT molecular complexity index is 2090. The van der Waals surface area contributed by atoms with Crippen LogP contribution in [0.15, 0.2) is 11.6 Å². The smallest absolute Gasteiger partial charge is 0.315 e. The van der Waals surface area contributed by atoms with E-state index in [0.29, 0.717) is 44.9 Å². The van der Waals surface area contributed by atoms with E-state index in [9.17, 15) is 76.3 Å². The van der Waals surface area contributed by atoms with Crippen molar-refractivity contribution in [1.82, 2.24) is 0 Å². The first-order valence-electron chi connectivity index (χ1n) is 27.4. The highest BCUT2D eigenvalue weighted by Crippen LogP contribution is 2.76. The average Bonchev–Trinajstić information content (AvgIpc) is 3.45. The number of allylic oxidation sites excluding steroid dienone is 1. The van der Waals surface area contributed by atoms with Crippen molar-refractivity contribution in [3.05, 3.63) is 11.6 Å². The number of aliphatic hydroxyl groups excluding tert-OH is 14. The molecule has 0 bridgehead atoms. The van der Waals surface area contributed by atoms with E-state index in [1.807, 2.05) is 13.8 Å². The molecule has 0 aromatic carbocycles. The number of hydrogen-bond acceptors (Lipinski definition) is 23. The van der Waals surface area contributed by atoms with Crippen LogP contribution in [0.2, 0.25) is 0 Å². The van der Waals surface area contributed by atoms with Gasteiger partial charge >= 0.3 is 5.97 Å². The Balaban J connectivity index is 0.997. The monoisotopic (exact) mass is 1090 g/mol. The van der Waals surface area contributed by atoms with E-state index in [1.165, 1.54) is 0 Å². The van der Waals surface area contributed by atoms with Crippen LogP contribution in [-0.4, -0.2) is 233 Å². The van der Waals surface area contributed by atoms with Crippen LogP contribution in [0.5, 0.6) is 0 Å². The van der Waals surface area contributed by atoms with Crippen molar-refractivity contribution in [2.45, 2.75) is 235 Å². The number of aliphatic hydroxyl groups is 14. The number of esters is 1. The zero-order chi connectivity index (χ0) is 55.6. The molecule has 76 heavy (non-hydrogen) atoms. The quantitative estimate of drug-likeness (QED) is 0.0581. The molecule has 4 aliphatic heterocycles. The van der Waals surface area contributed by atoms with E-state index >= 15 is 0 Å². The highest BCUT2D eigenvalue weighted by atomic mass is 16.8. The lowest BCUT2D eigenvalue weighted by molar-refractivity contribution is -0.395. The molecule has 0 unspecified atom stereocenters. The third-order valence-corrected chi connectivity index (χ3v) is 21.3. The minimum atomic E-state index is -1.91. The van der Waals surface area contributed by atoms with Gasteiger partial charge in [0.1, 0.15) is 91.6 Å². The minimum Gasteiger partial charge on any atom is -0.432 e. The topological polar surface area (TPSA) is 374 Å². The number of carbonyl (C=O) groups excluding carboxylic acids is 1. The summed E-state index contributed by atoms with van der Waals surface area (Å²) in [4.78, 5) is 14.8. The zero-order valence-corrected chi connectivity index (χ0v) is 44.6. The van der Waals surface area contributed by atoms with Crippen molar-refractivity contribution in [3.63, 3.8) is 0 Å². The third kappa shape index (κ3) is 9.27. The average molecular weight is 1090 g/mol. The van der Waals surface area contributed by atoms with Gasteiger partial charge in [0, 0.05) is 5.92 Å². The largest absolute Gasteiger partial charge is 0.432 e. The maximum atomic E-state index is 14.8. The number of fused-ring (bicyclic) bond motifs is 7. The summed E-state index contributed by atoms with van der Waals surface area (Å²) in [5.74, 6) is -1.21. The Morgan fingerprint density at radius 2 is 1.12 bits per heavy atom. The molecule has 14 N–H and O–H groups in total. The van der Waals surface area contributed by atoms with E-state index in [4.69, 9.17) is 37.9 Å². The van der Waals surface area contributed by atoms with Gasteiger partial charge in [-0.2, -0.15) is 0 Å². The second kappa shape index (κ2) is 21.3. The van der Waals surface area contributed by atoms with E-state index in [0.717, 1.165) is 18.4 Å². The number of ether oxygens (including phenoxy) is 8. The fourth-order valence-corrected chi connectivity index (χ4v) is 16.2. The maximum Gasteiger partial charge on any atom is 0.315 e. The molecule has 4 heterocycles. The van der Waals surface area contributed by atoms with Crippen molar-refractivity contribution in [2.24, 2.45) is 50.2 Å². The molecule has 4 saturated heterocycles. The van der Waals surface area contributed by atoms with E-state index in [1.54, 1.807) is 0 Å². The standard InChI is InChI=1S/C53H86O23/c1-48(2)14-16-53(47(68)76-45-39(66)36(63)33(60)25(19-55)71-45)17-15-51(6)22(30(53)42(48)67)8-9-28-50(5)12-11-29(49(3,4)27(50)10-13-52(28,51)7)73-46-41(75-43-37(64)31(58)23(57)21-69-43)40(34(61)26(20-56)72-46)74-44-38(65)35(62)32(59)24(18-54)70-44/h8,23-46,54-67H,9-21H2,1-7H3/t23-,24-,25-,26-,27+,28-,29+,30-,31+,32-,33-,34-,35+,36+,37-,38-,39-,40+,41-,42+,43+,44+,45+,46+,50+,51-,52-,53+/m1/s1. The molecule has 0 aromatic rings. The summed E-state index contributed by atoms with van der Waals surface area (Å²) in [5, 5.41) is 151. The van der Waals surface area contributed by atoms with Crippen LogP contribution in [0.1, 0.15) is 106 Å². The molecule has 0 amide bonds. The molecule has 0 aromatic heterocycles. The summed E-state index contributed by atoms with van der Waals surface area (Å²) in [6, 6.07) is 0. The first-order valence-corrected chi connectivity index (χ1v) is 27.4. The summed E-state index contributed by atoms with van der Waals surface area (Å²) in [6.07, 6.45) is -25.5. The summed E-state index contributed by atoms with van der Waals surface area (Å²) < 4.78 is 48.6. The molecule has 4 saturated carbocycles. The second-order valence-electron chi connectivity index (χ2n) is 25.8. The molecular weight excluding hydrogens is 1000 g/mol. The van der Waals surface area contributed by atoms with Crippen LogP contribution in [-0.2, 0) is 42.7 Å². The summed E-state index contributed by atoms with van der Waals surface area (Å²) >= 11 is 0. The van der Waals surface area contributed by atoms with Crippen LogP contribution < -0.4 is 0 Å². The van der Waals surface area contributed by atoms with Crippen molar-refractivity contribution in [2.75, 3.05) is 26.4 Å². The molecule has 0 spiro atoms. The lowest BCUT2D eigenvalue weighted by Gasteiger charge is -2.71. The molecule has 23 heteroatoms. The van der Waals surface area contributed by atoms with Gasteiger partial charge in [0.2, 0.25) is 6.29 Å². The predicted molar refractivity (Wildman–Crippen MR) is 258 cm³/mol. The molecule has 436 valence electrons. The Kier molecular flexibility index (Phi) is 16.5. The van der Waals surface area contributed by atoms with Crippen LogP contribution in [0.4, 0.5) is 0 Å². The Labute approximate surface area is 442 Å². The summed E-state index contributed by atoms with van der Waals surface area (Å²) in [5.41, 5.74) is -2.56. The fraction of sp³-hybridized carbons (Fsp3) is 0.943. The molecule has 23 nitrogen and oxygen atoms in total.